The molecule has 13 heteroatoms. The number of aromatic nitrogens is 3. The number of hydrogen-bond acceptors (Lipinski definition) is 7. The van der Waals surface area contributed by atoms with Crippen LogP contribution in [-0.4, -0.2) is 75.0 Å². The van der Waals surface area contributed by atoms with Crippen LogP contribution in [0.5, 0.6) is 0 Å². The molecule has 3 aromatic rings. The number of nitrogens with zero attached hydrogens (tertiary/aromatic N) is 1. The molecule has 38 heavy (non-hydrogen) atoms. The first-order chi connectivity index (χ1) is 18.3. The van der Waals surface area contributed by atoms with Crippen LogP contribution in [0.1, 0.15) is 30.5 Å². The molecule has 3 atom stereocenters. The maximum Gasteiger partial charge on any atom is 0.326 e. The van der Waals surface area contributed by atoms with Gasteiger partial charge in [-0.3, -0.25) is 14.4 Å². The molecule has 0 aliphatic carbocycles. The summed E-state index contributed by atoms with van der Waals surface area (Å²) in [6, 6.07) is 4.36. The zero-order valence-corrected chi connectivity index (χ0v) is 20.9. The van der Waals surface area contributed by atoms with E-state index in [1.165, 1.54) is 6.33 Å². The van der Waals surface area contributed by atoms with Gasteiger partial charge in [-0.15, -0.1) is 0 Å². The Labute approximate surface area is 219 Å². The Balaban J connectivity index is 1.66. The second-order valence-corrected chi connectivity index (χ2v) is 8.97. The van der Waals surface area contributed by atoms with Crippen molar-refractivity contribution in [3.63, 3.8) is 0 Å². The largest absolute Gasteiger partial charge is 0.480 e. The number of aromatic amines is 2. The maximum absolute atomic E-state index is 13.2. The summed E-state index contributed by atoms with van der Waals surface area (Å²) in [4.78, 5) is 59.8. The molecule has 3 unspecified atom stereocenters. The van der Waals surface area contributed by atoms with Gasteiger partial charge >= 0.3 is 5.97 Å². The van der Waals surface area contributed by atoms with E-state index in [0.717, 1.165) is 16.5 Å². The molecule has 0 radical (unpaired) electrons. The molecular formula is C25H34N8O5. The summed E-state index contributed by atoms with van der Waals surface area (Å²) >= 11 is 0. The predicted molar refractivity (Wildman–Crippen MR) is 140 cm³/mol. The number of carboxylic acid groups (broad SMARTS) is 1. The molecule has 0 aliphatic rings. The van der Waals surface area contributed by atoms with Gasteiger partial charge in [0.15, 0.2) is 0 Å². The normalized spacial score (nSPS) is 13.4. The average Bonchev–Trinajstić information content (AvgIpc) is 3.56. The number of carboxylic acids is 1. The van der Waals surface area contributed by atoms with Gasteiger partial charge in [-0.2, -0.15) is 0 Å². The number of para-hydroxylation sites is 1. The molecule has 0 saturated heterocycles. The number of benzene rings is 1. The van der Waals surface area contributed by atoms with Crippen molar-refractivity contribution in [1.29, 1.82) is 0 Å². The van der Waals surface area contributed by atoms with Crippen molar-refractivity contribution in [1.82, 2.24) is 30.9 Å². The molecule has 0 fully saturated rings. The summed E-state index contributed by atoms with van der Waals surface area (Å²) in [5.41, 5.74) is 13.7. The first kappa shape index (κ1) is 28.3. The molecule has 0 aliphatic heterocycles. The van der Waals surface area contributed by atoms with Gasteiger partial charge in [-0.05, 0) is 37.4 Å². The number of unbranched alkanes of at least 4 members (excludes halogenated alkanes) is 1. The molecule has 1 aromatic carbocycles. The van der Waals surface area contributed by atoms with Gasteiger partial charge in [0.25, 0.3) is 0 Å². The fourth-order valence-electron chi connectivity index (χ4n) is 4.02. The molecule has 0 spiro atoms. The lowest BCUT2D eigenvalue weighted by Crippen LogP contribution is -2.54. The molecule has 10 N–H and O–H groups in total. The minimum Gasteiger partial charge on any atom is -0.480 e. The van der Waals surface area contributed by atoms with Crippen molar-refractivity contribution >= 4 is 34.6 Å². The van der Waals surface area contributed by atoms with E-state index in [2.05, 4.69) is 30.9 Å². The Morgan fingerprint density at radius 3 is 2.50 bits per heavy atom. The number of aliphatic carboxylic acids is 1. The molecule has 3 rings (SSSR count). The predicted octanol–water partition coefficient (Wildman–Crippen LogP) is -0.697. The van der Waals surface area contributed by atoms with E-state index < -0.39 is 48.4 Å². The molecular weight excluding hydrogens is 492 g/mol. The zero-order valence-electron chi connectivity index (χ0n) is 20.9. The van der Waals surface area contributed by atoms with Crippen LogP contribution in [-0.2, 0) is 32.0 Å². The Bertz CT molecular complexity index is 1230. The topological polar surface area (TPSA) is 221 Å². The van der Waals surface area contributed by atoms with Gasteiger partial charge in [0.2, 0.25) is 17.7 Å². The Morgan fingerprint density at radius 1 is 1.00 bits per heavy atom. The van der Waals surface area contributed by atoms with Crippen molar-refractivity contribution in [2.24, 2.45) is 11.5 Å². The summed E-state index contributed by atoms with van der Waals surface area (Å²) in [5, 5.41) is 18.1. The van der Waals surface area contributed by atoms with Gasteiger partial charge in [0.1, 0.15) is 12.1 Å². The molecule has 0 saturated carbocycles. The number of amides is 3. The molecule has 13 nitrogen and oxygen atoms in total. The number of rotatable bonds is 15. The van der Waals surface area contributed by atoms with E-state index in [-0.39, 0.29) is 19.3 Å². The lowest BCUT2D eigenvalue weighted by Gasteiger charge is -2.22. The van der Waals surface area contributed by atoms with E-state index in [1.807, 2.05) is 24.3 Å². The lowest BCUT2D eigenvalue weighted by molar-refractivity contribution is -0.142. The first-order valence-corrected chi connectivity index (χ1v) is 12.4. The fraction of sp³-hybridized carbons (Fsp3) is 0.400. The second kappa shape index (κ2) is 13.9. The van der Waals surface area contributed by atoms with E-state index >= 15 is 0 Å². The van der Waals surface area contributed by atoms with Gasteiger partial charge in [-0.25, -0.2) is 9.78 Å². The summed E-state index contributed by atoms with van der Waals surface area (Å²) in [5.74, 6) is -2.99. The van der Waals surface area contributed by atoms with Crippen LogP contribution < -0.4 is 27.4 Å². The van der Waals surface area contributed by atoms with Crippen LogP contribution in [0, 0.1) is 0 Å². The summed E-state index contributed by atoms with van der Waals surface area (Å²) < 4.78 is 0. The number of imidazole rings is 1. The van der Waals surface area contributed by atoms with Crippen LogP contribution in [0.3, 0.4) is 0 Å². The third kappa shape index (κ3) is 8.15. The van der Waals surface area contributed by atoms with Crippen LogP contribution in [0.2, 0.25) is 0 Å². The third-order valence-corrected chi connectivity index (χ3v) is 6.07. The number of hydrogen-bond donors (Lipinski definition) is 8. The molecule has 0 bridgehead atoms. The Morgan fingerprint density at radius 2 is 1.79 bits per heavy atom. The van der Waals surface area contributed by atoms with Gasteiger partial charge in [0, 0.05) is 41.8 Å². The van der Waals surface area contributed by atoms with Crippen molar-refractivity contribution in [3.05, 3.63) is 54.2 Å². The van der Waals surface area contributed by atoms with E-state index in [4.69, 9.17) is 11.5 Å². The SMILES string of the molecule is NCCCCC(NC(=O)C(Cc1c[nH]c2ccccc12)NC(=O)CNC(=O)C(N)Cc1cnc[nH]1)C(=O)O. The van der Waals surface area contributed by atoms with Crippen LogP contribution >= 0.6 is 0 Å². The van der Waals surface area contributed by atoms with Crippen molar-refractivity contribution in [3.8, 4) is 0 Å². The van der Waals surface area contributed by atoms with Gasteiger partial charge in [-0.1, -0.05) is 18.2 Å². The summed E-state index contributed by atoms with van der Waals surface area (Å²) in [7, 11) is 0. The highest BCUT2D eigenvalue weighted by Crippen LogP contribution is 2.19. The van der Waals surface area contributed by atoms with Crippen molar-refractivity contribution < 1.29 is 24.3 Å². The van der Waals surface area contributed by atoms with Crippen molar-refractivity contribution in [2.75, 3.05) is 13.1 Å². The van der Waals surface area contributed by atoms with Gasteiger partial charge < -0.3 is 42.5 Å². The minimum atomic E-state index is -1.17. The van der Waals surface area contributed by atoms with E-state index in [9.17, 15) is 24.3 Å². The highest BCUT2D eigenvalue weighted by Gasteiger charge is 2.27. The lowest BCUT2D eigenvalue weighted by atomic mass is 10.0. The third-order valence-electron chi connectivity index (χ3n) is 6.07. The fourth-order valence-corrected chi connectivity index (χ4v) is 4.02. The molecule has 2 heterocycles. The van der Waals surface area contributed by atoms with E-state index in [0.29, 0.717) is 25.1 Å². The quantitative estimate of drug-likeness (QED) is 0.118. The average molecular weight is 527 g/mol. The Hall–Kier alpha value is -4.23. The number of fused-ring (bicyclic) bond motifs is 1. The smallest absolute Gasteiger partial charge is 0.326 e. The number of H-pyrrole nitrogens is 2. The zero-order chi connectivity index (χ0) is 27.5. The highest BCUT2D eigenvalue weighted by molar-refractivity contribution is 5.93. The highest BCUT2D eigenvalue weighted by atomic mass is 16.4. The monoisotopic (exact) mass is 526 g/mol. The number of nitrogens with one attached hydrogen (secondary N) is 5. The minimum absolute atomic E-state index is 0.101. The van der Waals surface area contributed by atoms with E-state index in [1.54, 1.807) is 12.4 Å². The van der Waals surface area contributed by atoms with Gasteiger partial charge in [0.05, 0.1) is 18.9 Å². The molecule has 2 aromatic heterocycles. The molecule has 204 valence electrons. The van der Waals surface area contributed by atoms with Crippen LogP contribution in [0.15, 0.2) is 43.0 Å². The second-order valence-electron chi connectivity index (χ2n) is 8.97. The number of carbonyl (C=O) groups is 4. The Kier molecular flexibility index (Phi) is 10.4. The molecule has 3 amide bonds. The summed E-state index contributed by atoms with van der Waals surface area (Å²) in [6.07, 6.45) is 6.42. The summed E-state index contributed by atoms with van der Waals surface area (Å²) in [6.45, 7) is 0.00281. The first-order valence-electron chi connectivity index (χ1n) is 12.4. The maximum atomic E-state index is 13.2. The number of carbonyl (C=O) groups excluding carboxylic acids is 3. The van der Waals surface area contributed by atoms with Crippen LogP contribution in [0.25, 0.3) is 10.9 Å². The number of nitrogens with two attached hydrogens (primary N) is 2. The van der Waals surface area contributed by atoms with Crippen molar-refractivity contribution in [2.45, 2.75) is 50.2 Å². The van der Waals surface area contributed by atoms with Crippen LogP contribution in [0.4, 0.5) is 0 Å². The standard InChI is InChI=1S/C25H34N8O5/c26-8-4-3-7-20(25(37)38)33-24(36)21(9-15-11-29-19-6-2-1-5-17(15)19)32-22(34)13-30-23(35)18(27)10-16-12-28-14-31-16/h1-2,5-6,11-12,14,18,20-21,29H,3-4,7-10,13,26-27H2,(H,28,31)(H,30,35)(H,32,34)(H,33,36)(H,37,38).